The van der Waals surface area contributed by atoms with E-state index in [4.69, 9.17) is 20.8 Å². The van der Waals surface area contributed by atoms with Crippen molar-refractivity contribution in [1.29, 1.82) is 0 Å². The van der Waals surface area contributed by atoms with Crippen LogP contribution in [0.5, 0.6) is 5.75 Å². The Bertz CT molecular complexity index is 892. The van der Waals surface area contributed by atoms with Gasteiger partial charge in [0.25, 0.3) is 0 Å². The number of rotatable bonds is 8. The largest absolute Gasteiger partial charge is 0.490 e. The second kappa shape index (κ2) is 8.84. The van der Waals surface area contributed by atoms with Gasteiger partial charge in [0.15, 0.2) is 0 Å². The highest BCUT2D eigenvalue weighted by Gasteiger charge is 2.19. The maximum Gasteiger partial charge on any atom is 0.247 e. The second-order valence-corrected chi connectivity index (χ2v) is 6.73. The normalized spacial score (nSPS) is 12.1. The minimum atomic E-state index is -0.0258. The standard InChI is InChI=1S/C21H22ClN3O2/c1-4-12-26-19-10-8-16(9-11-19)14-25(3)15(2)20-23-24-21(27-20)17-6-5-7-18(22)13-17/h4-11,13,15H,1,12,14H2,2-3H3/t15-/m1/s1. The monoisotopic (exact) mass is 383 g/mol. The summed E-state index contributed by atoms with van der Waals surface area (Å²) < 4.78 is 11.4. The Kier molecular flexibility index (Phi) is 6.27. The average Bonchev–Trinajstić information content (AvgIpc) is 3.17. The van der Waals surface area contributed by atoms with Crippen molar-refractivity contribution in [2.75, 3.05) is 13.7 Å². The lowest BCUT2D eigenvalue weighted by Crippen LogP contribution is -2.22. The maximum absolute atomic E-state index is 6.03. The highest BCUT2D eigenvalue weighted by molar-refractivity contribution is 6.30. The third-order valence-electron chi connectivity index (χ3n) is 4.25. The molecule has 0 bridgehead atoms. The molecule has 2 aromatic carbocycles. The van der Waals surface area contributed by atoms with Crippen LogP contribution in [-0.4, -0.2) is 28.8 Å². The van der Waals surface area contributed by atoms with Gasteiger partial charge in [0.05, 0.1) is 6.04 Å². The van der Waals surface area contributed by atoms with Gasteiger partial charge in [0, 0.05) is 17.1 Å². The molecule has 0 radical (unpaired) electrons. The van der Waals surface area contributed by atoms with Crippen LogP contribution in [0.25, 0.3) is 11.5 Å². The summed E-state index contributed by atoms with van der Waals surface area (Å²) in [5.41, 5.74) is 1.98. The Balaban J connectivity index is 1.65. The van der Waals surface area contributed by atoms with E-state index in [0.29, 0.717) is 23.4 Å². The highest BCUT2D eigenvalue weighted by Crippen LogP contribution is 2.26. The van der Waals surface area contributed by atoms with E-state index in [1.807, 2.05) is 62.5 Å². The number of ether oxygens (including phenoxy) is 1. The van der Waals surface area contributed by atoms with E-state index >= 15 is 0 Å². The van der Waals surface area contributed by atoms with Gasteiger partial charge < -0.3 is 9.15 Å². The minimum Gasteiger partial charge on any atom is -0.490 e. The van der Waals surface area contributed by atoms with E-state index in [1.54, 1.807) is 6.08 Å². The Morgan fingerprint density at radius 1 is 1.22 bits per heavy atom. The predicted octanol–water partition coefficient (Wildman–Crippen LogP) is 5.15. The Hall–Kier alpha value is -2.63. The number of hydrogen-bond donors (Lipinski definition) is 0. The summed E-state index contributed by atoms with van der Waals surface area (Å²) in [4.78, 5) is 2.15. The SMILES string of the molecule is C=CCOc1ccc(CN(C)[C@H](C)c2nnc(-c3cccc(Cl)c3)o2)cc1. The van der Waals surface area contributed by atoms with Crippen LogP contribution in [0.2, 0.25) is 5.02 Å². The molecule has 0 N–H and O–H groups in total. The highest BCUT2D eigenvalue weighted by atomic mass is 35.5. The molecule has 1 aromatic heterocycles. The summed E-state index contributed by atoms with van der Waals surface area (Å²) in [5, 5.41) is 8.99. The van der Waals surface area contributed by atoms with E-state index in [9.17, 15) is 0 Å². The van der Waals surface area contributed by atoms with Crippen molar-refractivity contribution in [3.05, 3.63) is 77.7 Å². The molecule has 3 rings (SSSR count). The summed E-state index contributed by atoms with van der Waals surface area (Å²) in [6.07, 6.45) is 1.73. The van der Waals surface area contributed by atoms with Gasteiger partial charge in [-0.2, -0.15) is 0 Å². The fourth-order valence-electron chi connectivity index (χ4n) is 2.60. The van der Waals surface area contributed by atoms with E-state index in [2.05, 4.69) is 21.7 Å². The molecule has 5 nitrogen and oxygen atoms in total. The molecule has 0 saturated heterocycles. The summed E-state index contributed by atoms with van der Waals surface area (Å²) in [6, 6.07) is 15.4. The molecule has 0 aliphatic carbocycles. The minimum absolute atomic E-state index is 0.0258. The number of nitrogens with zero attached hydrogens (tertiary/aromatic N) is 3. The third-order valence-corrected chi connectivity index (χ3v) is 4.49. The van der Waals surface area contributed by atoms with Gasteiger partial charge in [-0.1, -0.05) is 42.5 Å². The first-order valence-corrected chi connectivity index (χ1v) is 9.07. The molecule has 0 aliphatic heterocycles. The van der Waals surface area contributed by atoms with E-state index in [-0.39, 0.29) is 6.04 Å². The lowest BCUT2D eigenvalue weighted by Gasteiger charge is -2.21. The molecule has 140 valence electrons. The molecule has 6 heteroatoms. The fourth-order valence-corrected chi connectivity index (χ4v) is 2.79. The smallest absolute Gasteiger partial charge is 0.247 e. The van der Waals surface area contributed by atoms with Crippen molar-refractivity contribution < 1.29 is 9.15 Å². The zero-order valence-corrected chi connectivity index (χ0v) is 16.2. The Morgan fingerprint density at radius 2 is 2.00 bits per heavy atom. The zero-order valence-electron chi connectivity index (χ0n) is 15.4. The molecule has 27 heavy (non-hydrogen) atoms. The molecule has 1 heterocycles. The first-order valence-electron chi connectivity index (χ1n) is 8.69. The van der Waals surface area contributed by atoms with Crippen molar-refractivity contribution in [2.24, 2.45) is 0 Å². The summed E-state index contributed by atoms with van der Waals surface area (Å²) >= 11 is 6.03. The molecular formula is C21H22ClN3O2. The van der Waals surface area contributed by atoms with Gasteiger partial charge >= 0.3 is 0 Å². The van der Waals surface area contributed by atoms with Crippen LogP contribution in [0.15, 0.2) is 65.6 Å². The molecule has 0 spiro atoms. The quantitative estimate of drug-likeness (QED) is 0.503. The van der Waals surface area contributed by atoms with Crippen LogP contribution in [0.1, 0.15) is 24.4 Å². The number of benzene rings is 2. The molecule has 0 fully saturated rings. The maximum atomic E-state index is 6.03. The van der Waals surface area contributed by atoms with Crippen LogP contribution in [0.3, 0.4) is 0 Å². The van der Waals surface area contributed by atoms with Crippen molar-refractivity contribution in [1.82, 2.24) is 15.1 Å². The first-order chi connectivity index (χ1) is 13.1. The molecule has 0 amide bonds. The average molecular weight is 384 g/mol. The van der Waals surface area contributed by atoms with Gasteiger partial charge in [0.1, 0.15) is 12.4 Å². The second-order valence-electron chi connectivity index (χ2n) is 6.29. The molecule has 1 atom stereocenters. The number of aromatic nitrogens is 2. The summed E-state index contributed by atoms with van der Waals surface area (Å²) in [7, 11) is 2.02. The van der Waals surface area contributed by atoms with Gasteiger partial charge in [-0.05, 0) is 49.9 Å². The summed E-state index contributed by atoms with van der Waals surface area (Å²) in [6.45, 7) is 6.94. The zero-order chi connectivity index (χ0) is 19.2. The van der Waals surface area contributed by atoms with Crippen LogP contribution >= 0.6 is 11.6 Å². The Morgan fingerprint density at radius 3 is 2.70 bits per heavy atom. The van der Waals surface area contributed by atoms with Crippen molar-refractivity contribution in [2.45, 2.75) is 19.5 Å². The predicted molar refractivity (Wildman–Crippen MR) is 107 cm³/mol. The van der Waals surface area contributed by atoms with Gasteiger partial charge in [-0.15, -0.1) is 10.2 Å². The first kappa shape index (κ1) is 19.1. The lowest BCUT2D eigenvalue weighted by atomic mass is 10.2. The third kappa shape index (κ3) is 4.96. The Labute approximate surface area is 164 Å². The van der Waals surface area contributed by atoms with Crippen LogP contribution < -0.4 is 4.74 Å². The molecule has 0 saturated carbocycles. The number of hydrogen-bond acceptors (Lipinski definition) is 5. The van der Waals surface area contributed by atoms with Crippen LogP contribution in [0.4, 0.5) is 0 Å². The lowest BCUT2D eigenvalue weighted by molar-refractivity contribution is 0.218. The van der Waals surface area contributed by atoms with E-state index < -0.39 is 0 Å². The van der Waals surface area contributed by atoms with Crippen LogP contribution in [0, 0.1) is 0 Å². The van der Waals surface area contributed by atoms with E-state index in [1.165, 1.54) is 5.56 Å². The van der Waals surface area contributed by atoms with Crippen molar-refractivity contribution >= 4 is 11.6 Å². The van der Waals surface area contributed by atoms with Gasteiger partial charge in [-0.3, -0.25) is 4.90 Å². The van der Waals surface area contributed by atoms with Crippen molar-refractivity contribution in [3.63, 3.8) is 0 Å². The van der Waals surface area contributed by atoms with Gasteiger partial charge in [-0.25, -0.2) is 0 Å². The molecular weight excluding hydrogens is 362 g/mol. The molecule has 0 unspecified atom stereocenters. The van der Waals surface area contributed by atoms with Crippen LogP contribution in [-0.2, 0) is 6.54 Å². The molecule has 3 aromatic rings. The van der Waals surface area contributed by atoms with Crippen molar-refractivity contribution in [3.8, 4) is 17.2 Å². The number of halogens is 1. The topological polar surface area (TPSA) is 51.4 Å². The fraction of sp³-hybridized carbons (Fsp3) is 0.238. The van der Waals surface area contributed by atoms with Gasteiger partial charge in [0.2, 0.25) is 11.8 Å². The molecule has 0 aliphatic rings. The summed E-state index contributed by atoms with van der Waals surface area (Å²) in [5.74, 6) is 1.87. The van der Waals surface area contributed by atoms with E-state index in [0.717, 1.165) is 17.9 Å².